The Balaban J connectivity index is 1.99. The Kier molecular flexibility index (Phi) is 5.12. The molecule has 1 aromatic rings. The summed E-state index contributed by atoms with van der Waals surface area (Å²) in [4.78, 5) is 4.48. The van der Waals surface area contributed by atoms with Gasteiger partial charge in [-0.15, -0.1) is 0 Å². The molecule has 20 heavy (non-hydrogen) atoms. The lowest BCUT2D eigenvalue weighted by molar-refractivity contribution is 0.174. The molecular weight excluding hydrogens is 278 g/mol. The predicted octanol–water partition coefficient (Wildman–Crippen LogP) is 2.22. The van der Waals surface area contributed by atoms with Gasteiger partial charge in [0.2, 0.25) is 6.79 Å². The topological polar surface area (TPSA) is 54.9 Å². The SMILES string of the molecule is C=C(Cl)CNC(=NCc1ccc2c(c1)OCO2)NCC. The summed E-state index contributed by atoms with van der Waals surface area (Å²) in [6.45, 7) is 7.73. The Morgan fingerprint density at radius 2 is 2.15 bits per heavy atom. The van der Waals surface area contributed by atoms with Crippen molar-refractivity contribution in [3.63, 3.8) is 0 Å². The first-order valence-corrected chi connectivity index (χ1v) is 6.81. The highest BCUT2D eigenvalue weighted by molar-refractivity contribution is 6.29. The van der Waals surface area contributed by atoms with Gasteiger partial charge in [-0.25, -0.2) is 4.99 Å². The van der Waals surface area contributed by atoms with Crippen molar-refractivity contribution in [1.82, 2.24) is 10.6 Å². The number of halogens is 1. The smallest absolute Gasteiger partial charge is 0.231 e. The van der Waals surface area contributed by atoms with Gasteiger partial charge in [0.1, 0.15) is 0 Å². The molecule has 0 unspecified atom stereocenters. The number of nitrogens with one attached hydrogen (secondary N) is 2. The van der Waals surface area contributed by atoms with E-state index in [-0.39, 0.29) is 6.79 Å². The van der Waals surface area contributed by atoms with Crippen LogP contribution in [0.5, 0.6) is 11.5 Å². The van der Waals surface area contributed by atoms with Gasteiger partial charge < -0.3 is 20.1 Å². The lowest BCUT2D eigenvalue weighted by Crippen LogP contribution is -2.37. The lowest BCUT2D eigenvalue weighted by Gasteiger charge is -2.10. The summed E-state index contributed by atoms with van der Waals surface area (Å²) in [6.07, 6.45) is 0. The lowest BCUT2D eigenvalue weighted by atomic mass is 10.2. The van der Waals surface area contributed by atoms with Gasteiger partial charge in [-0.2, -0.15) is 0 Å². The highest BCUT2D eigenvalue weighted by atomic mass is 35.5. The van der Waals surface area contributed by atoms with E-state index in [1.54, 1.807) is 0 Å². The standard InChI is InChI=1S/C14H18ClN3O2/c1-3-16-14(17-7-10(2)15)18-8-11-4-5-12-13(6-11)20-9-19-12/h4-6H,2-3,7-9H2,1H3,(H2,16,17,18). The number of nitrogens with zero attached hydrogens (tertiary/aromatic N) is 1. The average Bonchev–Trinajstić information content (AvgIpc) is 2.89. The van der Waals surface area contributed by atoms with Crippen LogP contribution in [0.1, 0.15) is 12.5 Å². The number of fused-ring (bicyclic) bond motifs is 1. The molecule has 1 aliphatic heterocycles. The fourth-order valence-corrected chi connectivity index (χ4v) is 1.80. The zero-order valence-electron chi connectivity index (χ0n) is 11.4. The molecule has 1 aliphatic rings. The van der Waals surface area contributed by atoms with Crippen molar-refractivity contribution < 1.29 is 9.47 Å². The first kappa shape index (κ1) is 14.5. The molecule has 0 aromatic heterocycles. The molecule has 5 nitrogen and oxygen atoms in total. The van der Waals surface area contributed by atoms with E-state index in [9.17, 15) is 0 Å². The van der Waals surface area contributed by atoms with E-state index in [2.05, 4.69) is 22.2 Å². The molecule has 0 bridgehead atoms. The monoisotopic (exact) mass is 295 g/mol. The molecule has 1 aromatic carbocycles. The minimum atomic E-state index is 0.282. The van der Waals surface area contributed by atoms with E-state index in [4.69, 9.17) is 21.1 Å². The van der Waals surface area contributed by atoms with E-state index in [0.717, 1.165) is 23.6 Å². The molecule has 1 heterocycles. The number of aliphatic imine (C=N–C) groups is 1. The van der Waals surface area contributed by atoms with Crippen molar-refractivity contribution in [1.29, 1.82) is 0 Å². The summed E-state index contributed by atoms with van der Waals surface area (Å²) in [5.74, 6) is 2.25. The first-order valence-electron chi connectivity index (χ1n) is 6.43. The van der Waals surface area contributed by atoms with E-state index in [1.807, 2.05) is 25.1 Å². The third kappa shape index (κ3) is 4.06. The van der Waals surface area contributed by atoms with E-state index >= 15 is 0 Å². The summed E-state index contributed by atoms with van der Waals surface area (Å²) < 4.78 is 10.6. The second-order valence-electron chi connectivity index (χ2n) is 4.25. The minimum Gasteiger partial charge on any atom is -0.454 e. The van der Waals surface area contributed by atoms with Crippen molar-refractivity contribution in [3.8, 4) is 11.5 Å². The molecular formula is C14H18ClN3O2. The molecule has 0 saturated carbocycles. The van der Waals surface area contributed by atoms with Crippen molar-refractivity contribution in [3.05, 3.63) is 35.4 Å². The molecule has 6 heteroatoms. The molecule has 0 atom stereocenters. The van der Waals surface area contributed by atoms with Crippen LogP contribution in [-0.2, 0) is 6.54 Å². The van der Waals surface area contributed by atoms with Crippen molar-refractivity contribution in [2.24, 2.45) is 4.99 Å². The van der Waals surface area contributed by atoms with Gasteiger partial charge in [0, 0.05) is 11.6 Å². The Bertz CT molecular complexity index is 517. The maximum atomic E-state index is 5.73. The largest absolute Gasteiger partial charge is 0.454 e. The van der Waals surface area contributed by atoms with Gasteiger partial charge in [0.05, 0.1) is 13.1 Å². The number of hydrogen-bond acceptors (Lipinski definition) is 3. The third-order valence-corrected chi connectivity index (χ3v) is 2.78. The van der Waals surface area contributed by atoms with Crippen LogP contribution < -0.4 is 20.1 Å². The van der Waals surface area contributed by atoms with Gasteiger partial charge in [-0.1, -0.05) is 24.2 Å². The second-order valence-corrected chi connectivity index (χ2v) is 4.79. The first-order chi connectivity index (χ1) is 9.69. The van der Waals surface area contributed by atoms with Crippen LogP contribution in [0.15, 0.2) is 34.8 Å². The summed E-state index contributed by atoms with van der Waals surface area (Å²) in [6, 6.07) is 5.81. The maximum absolute atomic E-state index is 5.73. The molecule has 108 valence electrons. The highest BCUT2D eigenvalue weighted by Crippen LogP contribution is 2.32. The Morgan fingerprint density at radius 1 is 1.35 bits per heavy atom. The van der Waals surface area contributed by atoms with E-state index < -0.39 is 0 Å². The molecule has 0 radical (unpaired) electrons. The van der Waals surface area contributed by atoms with Crippen molar-refractivity contribution >= 4 is 17.6 Å². The van der Waals surface area contributed by atoms with E-state index in [0.29, 0.717) is 24.1 Å². The Morgan fingerprint density at radius 3 is 2.90 bits per heavy atom. The zero-order valence-corrected chi connectivity index (χ0v) is 12.2. The van der Waals surface area contributed by atoms with Crippen LogP contribution in [0, 0.1) is 0 Å². The molecule has 0 saturated heterocycles. The van der Waals surface area contributed by atoms with Crippen molar-refractivity contribution in [2.45, 2.75) is 13.5 Å². The molecule has 0 aliphatic carbocycles. The van der Waals surface area contributed by atoms with E-state index in [1.165, 1.54) is 0 Å². The van der Waals surface area contributed by atoms with Gasteiger partial charge in [0.15, 0.2) is 17.5 Å². The van der Waals surface area contributed by atoms with Gasteiger partial charge in [-0.3, -0.25) is 0 Å². The quantitative estimate of drug-likeness (QED) is 0.646. The Hall–Kier alpha value is -1.88. The number of hydrogen-bond donors (Lipinski definition) is 2. The predicted molar refractivity (Wildman–Crippen MR) is 80.4 cm³/mol. The maximum Gasteiger partial charge on any atom is 0.231 e. The normalized spacial score (nSPS) is 13.2. The number of rotatable bonds is 5. The summed E-state index contributed by atoms with van der Waals surface area (Å²) in [5.41, 5.74) is 1.05. The van der Waals surface area contributed by atoms with Gasteiger partial charge in [-0.05, 0) is 24.6 Å². The van der Waals surface area contributed by atoms with Crippen LogP contribution in [-0.4, -0.2) is 25.8 Å². The highest BCUT2D eigenvalue weighted by Gasteiger charge is 2.12. The fraction of sp³-hybridized carbons (Fsp3) is 0.357. The van der Waals surface area contributed by atoms with Crippen LogP contribution >= 0.6 is 11.6 Å². The van der Waals surface area contributed by atoms with Crippen LogP contribution in [0.25, 0.3) is 0 Å². The summed E-state index contributed by atoms with van der Waals surface area (Å²) >= 11 is 5.73. The summed E-state index contributed by atoms with van der Waals surface area (Å²) in [7, 11) is 0. The van der Waals surface area contributed by atoms with Crippen LogP contribution in [0.4, 0.5) is 0 Å². The number of guanidine groups is 1. The van der Waals surface area contributed by atoms with Crippen LogP contribution in [0.2, 0.25) is 0 Å². The molecule has 0 fully saturated rings. The fourth-order valence-electron chi connectivity index (χ4n) is 1.73. The molecule has 0 amide bonds. The zero-order chi connectivity index (χ0) is 14.4. The van der Waals surface area contributed by atoms with Crippen molar-refractivity contribution in [2.75, 3.05) is 19.9 Å². The number of ether oxygens (including phenoxy) is 2. The summed E-state index contributed by atoms with van der Waals surface area (Å²) in [5, 5.41) is 6.78. The average molecular weight is 296 g/mol. The molecule has 2 N–H and O–H groups in total. The number of benzene rings is 1. The molecule has 2 rings (SSSR count). The van der Waals surface area contributed by atoms with Gasteiger partial charge >= 0.3 is 0 Å². The second kappa shape index (κ2) is 7.05. The van der Waals surface area contributed by atoms with Crippen LogP contribution in [0.3, 0.4) is 0 Å². The van der Waals surface area contributed by atoms with Gasteiger partial charge in [0.25, 0.3) is 0 Å². The molecule has 0 spiro atoms. The Labute approximate surface area is 123 Å². The third-order valence-electron chi connectivity index (χ3n) is 2.65. The minimum absolute atomic E-state index is 0.282.